The van der Waals surface area contributed by atoms with Crippen LogP contribution in [0.2, 0.25) is 0 Å². The molecular formula is C13H17N3O2. The molecule has 2 amide bonds. The quantitative estimate of drug-likeness (QED) is 0.816. The molecule has 2 heterocycles. The molecule has 0 radical (unpaired) electrons. The number of imide groups is 1. The zero-order valence-electron chi connectivity index (χ0n) is 10.6. The van der Waals surface area contributed by atoms with Gasteiger partial charge in [-0.2, -0.15) is 0 Å². The minimum Gasteiger partial charge on any atom is -0.372 e. The molecule has 1 atom stereocenters. The topological polar surface area (TPSA) is 62.3 Å². The summed E-state index contributed by atoms with van der Waals surface area (Å²) in [6, 6.07) is 3.22. The molecule has 1 unspecified atom stereocenters. The van der Waals surface area contributed by atoms with E-state index in [0.717, 1.165) is 17.8 Å². The number of nitrogens with one attached hydrogen (secondary N) is 1. The van der Waals surface area contributed by atoms with Gasteiger partial charge in [-0.05, 0) is 25.5 Å². The fourth-order valence-electron chi connectivity index (χ4n) is 2.08. The first-order valence-electron chi connectivity index (χ1n) is 6.16. The van der Waals surface area contributed by atoms with E-state index < -0.39 is 6.04 Å². The van der Waals surface area contributed by atoms with Gasteiger partial charge in [0.25, 0.3) is 5.91 Å². The van der Waals surface area contributed by atoms with E-state index in [1.165, 1.54) is 4.90 Å². The molecule has 0 aliphatic carbocycles. The molecule has 1 aromatic heterocycles. The molecule has 1 aliphatic heterocycles. The highest BCUT2D eigenvalue weighted by Gasteiger charge is 2.37. The van der Waals surface area contributed by atoms with Crippen LogP contribution in [0.4, 0.5) is 5.69 Å². The van der Waals surface area contributed by atoms with Gasteiger partial charge >= 0.3 is 0 Å². The predicted octanol–water partition coefficient (Wildman–Crippen LogP) is 1.34. The van der Waals surface area contributed by atoms with Crippen LogP contribution in [0.1, 0.15) is 25.5 Å². The lowest BCUT2D eigenvalue weighted by molar-refractivity contribution is -0.138. The summed E-state index contributed by atoms with van der Waals surface area (Å²) < 4.78 is 0. The van der Waals surface area contributed by atoms with Crippen molar-refractivity contribution >= 4 is 17.5 Å². The molecule has 1 saturated heterocycles. The van der Waals surface area contributed by atoms with Crippen molar-refractivity contribution < 1.29 is 9.59 Å². The van der Waals surface area contributed by atoms with E-state index in [4.69, 9.17) is 0 Å². The molecule has 0 saturated carbocycles. The van der Waals surface area contributed by atoms with Crippen LogP contribution < -0.4 is 5.32 Å². The third-order valence-corrected chi connectivity index (χ3v) is 3.03. The largest absolute Gasteiger partial charge is 0.372 e. The number of hydrogen-bond donors (Lipinski definition) is 1. The molecule has 1 fully saturated rings. The number of nitrogens with zero attached hydrogens (tertiary/aromatic N) is 2. The smallest absolute Gasteiger partial charge is 0.252 e. The highest BCUT2D eigenvalue weighted by Crippen LogP contribution is 2.19. The third-order valence-electron chi connectivity index (χ3n) is 3.03. The standard InChI is InChI=1S/C13H17N3O2/c1-3-7-16-12(17)8-11(13(16)18)15-10-5-4-6-14-9(10)2/h4-6,11,15H,3,7-8H2,1-2H3. The van der Waals surface area contributed by atoms with Crippen molar-refractivity contribution in [3.05, 3.63) is 24.0 Å². The summed E-state index contributed by atoms with van der Waals surface area (Å²) in [5, 5.41) is 3.10. The molecule has 5 nitrogen and oxygen atoms in total. The van der Waals surface area contributed by atoms with Gasteiger partial charge in [-0.15, -0.1) is 0 Å². The minimum absolute atomic E-state index is 0.0964. The summed E-state index contributed by atoms with van der Waals surface area (Å²) in [6.07, 6.45) is 2.72. The molecule has 0 aromatic carbocycles. The van der Waals surface area contributed by atoms with E-state index in [1.807, 2.05) is 19.9 Å². The molecule has 5 heteroatoms. The van der Waals surface area contributed by atoms with Crippen LogP contribution in [0.5, 0.6) is 0 Å². The number of aryl methyl sites for hydroxylation is 1. The Morgan fingerprint density at radius 2 is 2.28 bits per heavy atom. The molecular weight excluding hydrogens is 230 g/mol. The van der Waals surface area contributed by atoms with Gasteiger partial charge in [0, 0.05) is 12.7 Å². The predicted molar refractivity (Wildman–Crippen MR) is 68.0 cm³/mol. The van der Waals surface area contributed by atoms with Gasteiger partial charge in [0.2, 0.25) is 5.91 Å². The Labute approximate surface area is 106 Å². The highest BCUT2D eigenvalue weighted by atomic mass is 16.2. The third kappa shape index (κ3) is 2.34. The molecule has 1 N–H and O–H groups in total. The Kier molecular flexibility index (Phi) is 3.60. The summed E-state index contributed by atoms with van der Waals surface area (Å²) in [7, 11) is 0. The maximum atomic E-state index is 12.0. The number of aromatic nitrogens is 1. The van der Waals surface area contributed by atoms with Crippen LogP contribution in [-0.4, -0.2) is 34.3 Å². The second-order valence-electron chi connectivity index (χ2n) is 4.42. The van der Waals surface area contributed by atoms with Crippen molar-refractivity contribution in [1.29, 1.82) is 0 Å². The summed E-state index contributed by atoms with van der Waals surface area (Å²) in [5.74, 6) is -0.231. The second-order valence-corrected chi connectivity index (χ2v) is 4.42. The van der Waals surface area contributed by atoms with Crippen molar-refractivity contribution in [3.8, 4) is 0 Å². The first kappa shape index (κ1) is 12.5. The fourth-order valence-corrected chi connectivity index (χ4v) is 2.08. The Bertz CT molecular complexity index is 473. The average Bonchev–Trinajstić information content (AvgIpc) is 2.60. The van der Waals surface area contributed by atoms with E-state index in [0.29, 0.717) is 6.54 Å². The summed E-state index contributed by atoms with van der Waals surface area (Å²) in [5.41, 5.74) is 1.63. The van der Waals surface area contributed by atoms with E-state index in [-0.39, 0.29) is 18.2 Å². The van der Waals surface area contributed by atoms with Crippen molar-refractivity contribution in [2.45, 2.75) is 32.7 Å². The number of likely N-dealkylation sites (tertiary alicyclic amines) is 1. The van der Waals surface area contributed by atoms with Gasteiger partial charge in [0.1, 0.15) is 6.04 Å². The average molecular weight is 247 g/mol. The molecule has 18 heavy (non-hydrogen) atoms. The van der Waals surface area contributed by atoms with Crippen LogP contribution >= 0.6 is 0 Å². The number of amides is 2. The first-order valence-corrected chi connectivity index (χ1v) is 6.16. The number of rotatable bonds is 4. The molecule has 1 aliphatic rings. The van der Waals surface area contributed by atoms with Gasteiger partial charge in [-0.3, -0.25) is 19.5 Å². The number of carbonyl (C=O) groups is 2. The highest BCUT2D eigenvalue weighted by molar-refractivity contribution is 6.06. The Morgan fingerprint density at radius 3 is 2.94 bits per heavy atom. The zero-order chi connectivity index (χ0) is 13.1. The lowest BCUT2D eigenvalue weighted by Gasteiger charge is -2.15. The van der Waals surface area contributed by atoms with Gasteiger partial charge in [-0.25, -0.2) is 0 Å². The van der Waals surface area contributed by atoms with Gasteiger partial charge in [0.15, 0.2) is 0 Å². The van der Waals surface area contributed by atoms with Crippen LogP contribution in [-0.2, 0) is 9.59 Å². The van der Waals surface area contributed by atoms with Crippen LogP contribution in [0.15, 0.2) is 18.3 Å². The van der Waals surface area contributed by atoms with E-state index in [1.54, 1.807) is 12.3 Å². The van der Waals surface area contributed by atoms with Crippen LogP contribution in [0.3, 0.4) is 0 Å². The molecule has 96 valence electrons. The van der Waals surface area contributed by atoms with Crippen LogP contribution in [0.25, 0.3) is 0 Å². The molecule has 0 spiro atoms. The fraction of sp³-hybridized carbons (Fsp3) is 0.462. The second kappa shape index (κ2) is 5.16. The van der Waals surface area contributed by atoms with E-state index in [9.17, 15) is 9.59 Å². The Morgan fingerprint density at radius 1 is 1.50 bits per heavy atom. The van der Waals surface area contributed by atoms with Gasteiger partial charge in [-0.1, -0.05) is 6.92 Å². The van der Waals surface area contributed by atoms with Crippen molar-refractivity contribution in [1.82, 2.24) is 9.88 Å². The number of anilines is 1. The number of pyridine rings is 1. The summed E-state index contributed by atoms with van der Waals surface area (Å²) in [6.45, 7) is 4.32. The lowest BCUT2D eigenvalue weighted by atomic mass is 10.2. The summed E-state index contributed by atoms with van der Waals surface area (Å²) in [4.78, 5) is 29.2. The lowest BCUT2D eigenvalue weighted by Crippen LogP contribution is -2.35. The van der Waals surface area contributed by atoms with Crippen LogP contribution in [0, 0.1) is 6.92 Å². The Hall–Kier alpha value is -1.91. The SMILES string of the molecule is CCCN1C(=O)CC(Nc2cccnc2C)C1=O. The number of hydrogen-bond acceptors (Lipinski definition) is 4. The maximum Gasteiger partial charge on any atom is 0.252 e. The number of carbonyl (C=O) groups excluding carboxylic acids is 2. The first-order chi connectivity index (χ1) is 8.63. The Balaban J connectivity index is 2.10. The summed E-state index contributed by atoms with van der Waals surface area (Å²) >= 11 is 0. The van der Waals surface area contributed by atoms with Gasteiger partial charge in [0.05, 0.1) is 17.8 Å². The minimum atomic E-state index is -0.452. The van der Waals surface area contributed by atoms with Gasteiger partial charge < -0.3 is 5.32 Å². The monoisotopic (exact) mass is 247 g/mol. The molecule has 0 bridgehead atoms. The molecule has 2 rings (SSSR count). The van der Waals surface area contributed by atoms with Crippen molar-refractivity contribution in [2.24, 2.45) is 0 Å². The zero-order valence-corrected chi connectivity index (χ0v) is 10.6. The molecule has 1 aromatic rings. The van der Waals surface area contributed by atoms with E-state index in [2.05, 4.69) is 10.3 Å². The van der Waals surface area contributed by atoms with Crippen molar-refractivity contribution in [2.75, 3.05) is 11.9 Å². The maximum absolute atomic E-state index is 12.0. The van der Waals surface area contributed by atoms with E-state index >= 15 is 0 Å². The van der Waals surface area contributed by atoms with Crippen molar-refractivity contribution in [3.63, 3.8) is 0 Å². The normalized spacial score (nSPS) is 19.4.